The van der Waals surface area contributed by atoms with E-state index in [0.29, 0.717) is 30.1 Å². The predicted molar refractivity (Wildman–Crippen MR) is 112 cm³/mol. The van der Waals surface area contributed by atoms with Crippen LogP contribution in [0.25, 0.3) is 0 Å². The number of nitrogens with zero attached hydrogens (tertiary/aromatic N) is 1. The lowest BCUT2D eigenvalue weighted by molar-refractivity contribution is -0.119. The van der Waals surface area contributed by atoms with Crippen molar-refractivity contribution < 1.29 is 19.1 Å². The van der Waals surface area contributed by atoms with Crippen molar-refractivity contribution in [1.82, 2.24) is 0 Å². The van der Waals surface area contributed by atoms with Crippen molar-refractivity contribution in [2.75, 3.05) is 28.7 Å². The van der Waals surface area contributed by atoms with Crippen molar-refractivity contribution >= 4 is 34.8 Å². The summed E-state index contributed by atoms with van der Waals surface area (Å²) in [6, 6.07) is 14.1. The SMILES string of the molecule is CC(C)C(=O)Nc1ccc(NC(=O)COc2cccc(N3CCCC3=O)c2)cc1. The summed E-state index contributed by atoms with van der Waals surface area (Å²) in [7, 11) is 0. The number of hydrogen-bond acceptors (Lipinski definition) is 4. The largest absolute Gasteiger partial charge is 0.484 e. The third-order valence-corrected chi connectivity index (χ3v) is 4.53. The minimum absolute atomic E-state index is 0.0620. The molecule has 2 aromatic carbocycles. The standard InChI is InChI=1S/C22H25N3O4/c1-15(2)22(28)24-17-10-8-16(9-11-17)23-20(26)14-29-19-6-3-5-18(13-19)25-12-4-7-21(25)27/h3,5-6,8-11,13,15H,4,7,12,14H2,1-2H3,(H,23,26)(H,24,28). The van der Waals surface area contributed by atoms with Gasteiger partial charge in [-0.3, -0.25) is 14.4 Å². The number of carbonyl (C=O) groups excluding carboxylic acids is 3. The van der Waals surface area contributed by atoms with Crippen molar-refractivity contribution in [2.24, 2.45) is 5.92 Å². The summed E-state index contributed by atoms with van der Waals surface area (Å²) in [5.74, 6) is 0.172. The van der Waals surface area contributed by atoms with E-state index < -0.39 is 0 Å². The Labute approximate surface area is 170 Å². The molecule has 3 amide bonds. The van der Waals surface area contributed by atoms with Crippen molar-refractivity contribution in [2.45, 2.75) is 26.7 Å². The van der Waals surface area contributed by atoms with E-state index in [0.717, 1.165) is 12.1 Å². The second-order valence-corrected chi connectivity index (χ2v) is 7.20. The molecule has 152 valence electrons. The summed E-state index contributed by atoms with van der Waals surface area (Å²) < 4.78 is 5.57. The Morgan fingerprint density at radius 1 is 1.07 bits per heavy atom. The highest BCUT2D eigenvalue weighted by Crippen LogP contribution is 2.25. The Bertz CT molecular complexity index is 893. The van der Waals surface area contributed by atoms with Gasteiger partial charge in [-0.1, -0.05) is 19.9 Å². The lowest BCUT2D eigenvalue weighted by Gasteiger charge is -2.16. The molecule has 7 heteroatoms. The molecule has 0 bridgehead atoms. The molecule has 29 heavy (non-hydrogen) atoms. The van der Waals surface area contributed by atoms with Crippen LogP contribution in [0.3, 0.4) is 0 Å². The molecular formula is C22H25N3O4. The fourth-order valence-electron chi connectivity index (χ4n) is 2.93. The highest BCUT2D eigenvalue weighted by atomic mass is 16.5. The zero-order chi connectivity index (χ0) is 20.8. The topological polar surface area (TPSA) is 87.7 Å². The van der Waals surface area contributed by atoms with Crippen LogP contribution >= 0.6 is 0 Å². The lowest BCUT2D eigenvalue weighted by atomic mass is 10.2. The van der Waals surface area contributed by atoms with Crippen LogP contribution in [0.1, 0.15) is 26.7 Å². The monoisotopic (exact) mass is 395 g/mol. The number of amides is 3. The van der Waals surface area contributed by atoms with Crippen molar-refractivity contribution in [3.05, 3.63) is 48.5 Å². The van der Waals surface area contributed by atoms with Gasteiger partial charge >= 0.3 is 0 Å². The Balaban J connectivity index is 1.51. The smallest absolute Gasteiger partial charge is 0.262 e. The first-order chi connectivity index (χ1) is 13.9. The second-order valence-electron chi connectivity index (χ2n) is 7.20. The number of rotatable bonds is 7. The lowest BCUT2D eigenvalue weighted by Crippen LogP contribution is -2.24. The minimum atomic E-state index is -0.299. The summed E-state index contributed by atoms with van der Waals surface area (Å²) in [6.07, 6.45) is 1.42. The van der Waals surface area contributed by atoms with E-state index in [9.17, 15) is 14.4 Å². The molecule has 1 heterocycles. The molecule has 0 aliphatic carbocycles. The Morgan fingerprint density at radius 2 is 1.76 bits per heavy atom. The molecule has 0 aromatic heterocycles. The third kappa shape index (κ3) is 5.57. The number of carbonyl (C=O) groups is 3. The van der Waals surface area contributed by atoms with Crippen LogP contribution < -0.4 is 20.3 Å². The molecule has 0 radical (unpaired) electrons. The van der Waals surface area contributed by atoms with Crippen LogP contribution in [-0.4, -0.2) is 30.9 Å². The summed E-state index contributed by atoms with van der Waals surface area (Å²) in [4.78, 5) is 37.5. The molecule has 2 aromatic rings. The molecule has 1 saturated heterocycles. The van der Waals surface area contributed by atoms with Gasteiger partial charge in [0.25, 0.3) is 5.91 Å². The quantitative estimate of drug-likeness (QED) is 0.752. The zero-order valence-electron chi connectivity index (χ0n) is 16.6. The fourth-order valence-corrected chi connectivity index (χ4v) is 2.93. The Hall–Kier alpha value is -3.35. The van der Waals surface area contributed by atoms with Gasteiger partial charge in [-0.2, -0.15) is 0 Å². The summed E-state index contributed by atoms with van der Waals surface area (Å²) in [5.41, 5.74) is 2.06. The maximum Gasteiger partial charge on any atom is 0.262 e. The van der Waals surface area contributed by atoms with Crippen molar-refractivity contribution in [3.8, 4) is 5.75 Å². The van der Waals surface area contributed by atoms with E-state index >= 15 is 0 Å². The maximum atomic E-state index is 12.2. The molecule has 0 atom stereocenters. The fraction of sp³-hybridized carbons (Fsp3) is 0.318. The highest BCUT2D eigenvalue weighted by molar-refractivity contribution is 5.96. The van der Waals surface area contributed by atoms with E-state index in [4.69, 9.17) is 4.74 Å². The van der Waals surface area contributed by atoms with Gasteiger partial charge in [-0.15, -0.1) is 0 Å². The molecular weight excluding hydrogens is 370 g/mol. The van der Waals surface area contributed by atoms with Crippen LogP contribution in [0.5, 0.6) is 5.75 Å². The molecule has 1 fully saturated rings. The number of hydrogen-bond donors (Lipinski definition) is 2. The number of ether oxygens (including phenoxy) is 1. The minimum Gasteiger partial charge on any atom is -0.484 e. The van der Waals surface area contributed by atoms with Gasteiger partial charge in [-0.05, 0) is 42.8 Å². The van der Waals surface area contributed by atoms with Crippen LogP contribution in [-0.2, 0) is 14.4 Å². The molecule has 2 N–H and O–H groups in total. The second kappa shape index (κ2) is 9.23. The van der Waals surface area contributed by atoms with Crippen LogP contribution in [0.2, 0.25) is 0 Å². The van der Waals surface area contributed by atoms with E-state index in [1.807, 2.05) is 19.9 Å². The first-order valence-corrected chi connectivity index (χ1v) is 9.66. The van der Waals surface area contributed by atoms with Gasteiger partial charge < -0.3 is 20.3 Å². The normalized spacial score (nSPS) is 13.5. The third-order valence-electron chi connectivity index (χ3n) is 4.53. The van der Waals surface area contributed by atoms with Crippen molar-refractivity contribution in [3.63, 3.8) is 0 Å². The molecule has 7 nitrogen and oxygen atoms in total. The number of benzene rings is 2. The molecule has 1 aliphatic heterocycles. The summed E-state index contributed by atoms with van der Waals surface area (Å²) in [6.45, 7) is 4.20. The van der Waals surface area contributed by atoms with Crippen molar-refractivity contribution in [1.29, 1.82) is 0 Å². The van der Waals surface area contributed by atoms with Crippen LogP contribution in [0.4, 0.5) is 17.1 Å². The molecule has 0 saturated carbocycles. The average molecular weight is 395 g/mol. The Kier molecular flexibility index (Phi) is 6.49. The van der Waals surface area contributed by atoms with E-state index in [-0.39, 0.29) is 30.2 Å². The van der Waals surface area contributed by atoms with Gasteiger partial charge in [0.2, 0.25) is 11.8 Å². The summed E-state index contributed by atoms with van der Waals surface area (Å²) >= 11 is 0. The van der Waals surface area contributed by atoms with Crippen LogP contribution in [0.15, 0.2) is 48.5 Å². The summed E-state index contributed by atoms with van der Waals surface area (Å²) in [5, 5.41) is 5.55. The Morgan fingerprint density at radius 3 is 2.38 bits per heavy atom. The van der Waals surface area contributed by atoms with Crippen LogP contribution in [0, 0.1) is 5.92 Å². The highest BCUT2D eigenvalue weighted by Gasteiger charge is 2.21. The van der Waals surface area contributed by atoms with E-state index in [1.54, 1.807) is 47.4 Å². The molecule has 1 aliphatic rings. The number of nitrogens with one attached hydrogen (secondary N) is 2. The van der Waals surface area contributed by atoms with Gasteiger partial charge in [0.1, 0.15) is 5.75 Å². The van der Waals surface area contributed by atoms with Gasteiger partial charge in [-0.25, -0.2) is 0 Å². The van der Waals surface area contributed by atoms with E-state index in [2.05, 4.69) is 10.6 Å². The number of anilines is 3. The molecule has 3 rings (SSSR count). The van der Waals surface area contributed by atoms with Gasteiger partial charge in [0.05, 0.1) is 0 Å². The zero-order valence-corrected chi connectivity index (χ0v) is 16.6. The van der Waals surface area contributed by atoms with Gasteiger partial charge in [0, 0.05) is 42.0 Å². The van der Waals surface area contributed by atoms with Gasteiger partial charge in [0.15, 0.2) is 6.61 Å². The van der Waals surface area contributed by atoms with E-state index in [1.165, 1.54) is 0 Å². The first kappa shape index (κ1) is 20.4. The molecule has 0 unspecified atom stereocenters. The maximum absolute atomic E-state index is 12.2. The first-order valence-electron chi connectivity index (χ1n) is 9.66. The average Bonchev–Trinajstić information content (AvgIpc) is 3.14. The molecule has 0 spiro atoms. The predicted octanol–water partition coefficient (Wildman–Crippen LogP) is 3.43.